The summed E-state index contributed by atoms with van der Waals surface area (Å²) in [5, 5.41) is 0.468. The van der Waals surface area contributed by atoms with Crippen LogP contribution in [-0.4, -0.2) is 54.8 Å². The second-order valence-electron chi connectivity index (χ2n) is 7.70. The predicted octanol–water partition coefficient (Wildman–Crippen LogP) is 3.10. The lowest BCUT2D eigenvalue weighted by Gasteiger charge is -2.27. The van der Waals surface area contributed by atoms with Gasteiger partial charge in [0.2, 0.25) is 11.7 Å². The van der Waals surface area contributed by atoms with Crippen LogP contribution in [0.1, 0.15) is 19.3 Å². The summed E-state index contributed by atoms with van der Waals surface area (Å²) in [6.45, 7) is 1.35. The van der Waals surface area contributed by atoms with Crippen LogP contribution in [0.15, 0.2) is 41.2 Å². The minimum absolute atomic E-state index is 0.0807. The SMILES string of the molecule is COc1cc(-c2nc3ccccc3c(=O)n2CC(=O)N2CCCCC2)cc(OC)c1OC. The molecule has 8 nitrogen and oxygen atoms in total. The van der Waals surface area contributed by atoms with E-state index in [2.05, 4.69) is 0 Å². The first-order valence-electron chi connectivity index (χ1n) is 10.6. The second kappa shape index (κ2) is 9.30. The van der Waals surface area contributed by atoms with Gasteiger partial charge in [-0.1, -0.05) is 12.1 Å². The van der Waals surface area contributed by atoms with Crippen molar-refractivity contribution in [1.29, 1.82) is 0 Å². The summed E-state index contributed by atoms with van der Waals surface area (Å²) in [5.74, 6) is 1.62. The topological polar surface area (TPSA) is 82.9 Å². The molecule has 4 rings (SSSR count). The average Bonchev–Trinajstić information content (AvgIpc) is 2.85. The van der Waals surface area contributed by atoms with Gasteiger partial charge in [0.25, 0.3) is 5.56 Å². The van der Waals surface area contributed by atoms with Gasteiger partial charge in [0.05, 0.1) is 32.2 Å². The third-order valence-electron chi connectivity index (χ3n) is 5.79. The molecule has 1 amide bonds. The Morgan fingerprint density at radius 1 is 0.969 bits per heavy atom. The van der Waals surface area contributed by atoms with E-state index < -0.39 is 0 Å². The van der Waals surface area contributed by atoms with Crippen LogP contribution in [-0.2, 0) is 11.3 Å². The smallest absolute Gasteiger partial charge is 0.262 e. The summed E-state index contributed by atoms with van der Waals surface area (Å²) >= 11 is 0. The van der Waals surface area contributed by atoms with E-state index in [4.69, 9.17) is 19.2 Å². The number of ether oxygens (including phenoxy) is 3. The number of methoxy groups -OCH3 is 3. The number of hydrogen-bond donors (Lipinski definition) is 0. The minimum atomic E-state index is -0.260. The maximum Gasteiger partial charge on any atom is 0.262 e. The zero-order valence-electron chi connectivity index (χ0n) is 18.6. The predicted molar refractivity (Wildman–Crippen MR) is 122 cm³/mol. The molecule has 0 radical (unpaired) electrons. The number of rotatable bonds is 6. The lowest BCUT2D eigenvalue weighted by atomic mass is 10.1. The highest BCUT2D eigenvalue weighted by atomic mass is 16.5. The van der Waals surface area contributed by atoms with Crippen molar-refractivity contribution in [3.05, 3.63) is 46.8 Å². The van der Waals surface area contributed by atoms with E-state index in [1.54, 1.807) is 30.3 Å². The number of likely N-dealkylation sites (tertiary alicyclic amines) is 1. The van der Waals surface area contributed by atoms with Crippen molar-refractivity contribution in [2.45, 2.75) is 25.8 Å². The summed E-state index contributed by atoms with van der Waals surface area (Å²) in [4.78, 5) is 33.1. The Kier molecular flexibility index (Phi) is 6.30. The van der Waals surface area contributed by atoms with Crippen LogP contribution in [0.3, 0.4) is 0 Å². The quantitative estimate of drug-likeness (QED) is 0.589. The standard InChI is InChI=1S/C24H27N3O5/c1-30-19-13-16(14-20(31-2)22(19)32-3)23-25-18-10-6-5-9-17(18)24(29)27(23)15-21(28)26-11-7-4-8-12-26/h5-6,9-10,13-14H,4,7-8,11-12,15H2,1-3H3. The van der Waals surface area contributed by atoms with Crippen LogP contribution in [0.25, 0.3) is 22.3 Å². The Balaban J connectivity index is 1.89. The number of fused-ring (bicyclic) bond motifs is 1. The number of aromatic nitrogens is 2. The van der Waals surface area contributed by atoms with Gasteiger partial charge in [-0.15, -0.1) is 0 Å². The number of hydrogen-bond acceptors (Lipinski definition) is 6. The Morgan fingerprint density at radius 2 is 1.62 bits per heavy atom. The molecular formula is C24H27N3O5. The van der Waals surface area contributed by atoms with Crippen LogP contribution < -0.4 is 19.8 Å². The van der Waals surface area contributed by atoms with E-state index in [1.807, 2.05) is 11.0 Å². The van der Waals surface area contributed by atoms with Crippen molar-refractivity contribution >= 4 is 16.8 Å². The third-order valence-corrected chi connectivity index (χ3v) is 5.79. The monoisotopic (exact) mass is 437 g/mol. The molecular weight excluding hydrogens is 410 g/mol. The number of piperidine rings is 1. The molecule has 1 aliphatic heterocycles. The fraction of sp³-hybridized carbons (Fsp3) is 0.375. The van der Waals surface area contributed by atoms with Crippen LogP contribution >= 0.6 is 0 Å². The van der Waals surface area contributed by atoms with Crippen LogP contribution in [0.5, 0.6) is 17.2 Å². The number of amides is 1. The highest BCUT2D eigenvalue weighted by Crippen LogP contribution is 2.40. The largest absolute Gasteiger partial charge is 0.493 e. The first-order chi connectivity index (χ1) is 15.6. The minimum Gasteiger partial charge on any atom is -0.493 e. The summed E-state index contributed by atoms with van der Waals surface area (Å²) in [6, 6.07) is 10.6. The van der Waals surface area contributed by atoms with Gasteiger partial charge < -0.3 is 19.1 Å². The van der Waals surface area contributed by atoms with Gasteiger partial charge in [-0.25, -0.2) is 4.98 Å². The molecule has 1 aliphatic rings. The van der Waals surface area contributed by atoms with Crippen molar-refractivity contribution in [2.24, 2.45) is 0 Å². The second-order valence-corrected chi connectivity index (χ2v) is 7.70. The summed E-state index contributed by atoms with van der Waals surface area (Å²) < 4.78 is 17.8. The molecule has 1 aromatic heterocycles. The van der Waals surface area contributed by atoms with Gasteiger partial charge in [0.1, 0.15) is 12.4 Å². The molecule has 0 bridgehead atoms. The van der Waals surface area contributed by atoms with E-state index in [0.717, 1.165) is 19.3 Å². The van der Waals surface area contributed by atoms with E-state index in [-0.39, 0.29) is 18.0 Å². The van der Waals surface area contributed by atoms with E-state index >= 15 is 0 Å². The Morgan fingerprint density at radius 3 is 2.25 bits per heavy atom. The molecule has 1 saturated heterocycles. The van der Waals surface area contributed by atoms with Crippen molar-refractivity contribution < 1.29 is 19.0 Å². The zero-order valence-corrected chi connectivity index (χ0v) is 18.6. The molecule has 2 heterocycles. The van der Waals surface area contributed by atoms with Crippen LogP contribution in [0, 0.1) is 0 Å². The van der Waals surface area contributed by atoms with Crippen LogP contribution in [0.4, 0.5) is 0 Å². The zero-order chi connectivity index (χ0) is 22.7. The highest BCUT2D eigenvalue weighted by molar-refractivity contribution is 5.82. The summed E-state index contributed by atoms with van der Waals surface area (Å²) in [7, 11) is 4.59. The Labute approximate surface area is 186 Å². The lowest BCUT2D eigenvalue weighted by Crippen LogP contribution is -2.40. The highest BCUT2D eigenvalue weighted by Gasteiger charge is 2.22. The van der Waals surface area contributed by atoms with Crippen molar-refractivity contribution in [3.63, 3.8) is 0 Å². The maximum atomic E-state index is 13.4. The third kappa shape index (κ3) is 4.00. The molecule has 0 N–H and O–H groups in total. The average molecular weight is 437 g/mol. The first-order valence-corrected chi connectivity index (χ1v) is 10.6. The van der Waals surface area contributed by atoms with Gasteiger partial charge in [0, 0.05) is 18.7 Å². The molecule has 1 fully saturated rings. The van der Waals surface area contributed by atoms with Crippen molar-refractivity contribution in [2.75, 3.05) is 34.4 Å². The molecule has 168 valence electrons. The van der Waals surface area contributed by atoms with Gasteiger partial charge in [-0.05, 0) is 43.5 Å². The van der Waals surface area contributed by atoms with Crippen molar-refractivity contribution in [3.8, 4) is 28.6 Å². The molecule has 8 heteroatoms. The maximum absolute atomic E-state index is 13.4. The summed E-state index contributed by atoms with van der Waals surface area (Å²) in [5.41, 5.74) is 0.890. The lowest BCUT2D eigenvalue weighted by molar-refractivity contribution is -0.132. The molecule has 0 spiro atoms. The summed E-state index contributed by atoms with van der Waals surface area (Å²) in [6.07, 6.45) is 3.09. The molecule has 32 heavy (non-hydrogen) atoms. The van der Waals surface area contributed by atoms with E-state index in [0.29, 0.717) is 52.6 Å². The Bertz CT molecular complexity index is 1170. The normalized spacial score (nSPS) is 13.8. The number of para-hydroxylation sites is 1. The number of benzene rings is 2. The molecule has 2 aromatic carbocycles. The van der Waals surface area contributed by atoms with E-state index in [9.17, 15) is 9.59 Å². The van der Waals surface area contributed by atoms with Gasteiger partial charge in [-0.2, -0.15) is 0 Å². The van der Waals surface area contributed by atoms with Gasteiger partial charge >= 0.3 is 0 Å². The molecule has 0 aliphatic carbocycles. The fourth-order valence-corrected chi connectivity index (χ4v) is 4.12. The molecule has 0 atom stereocenters. The van der Waals surface area contributed by atoms with Crippen molar-refractivity contribution in [1.82, 2.24) is 14.5 Å². The molecule has 0 saturated carbocycles. The number of nitrogens with zero attached hydrogens (tertiary/aromatic N) is 3. The fourth-order valence-electron chi connectivity index (χ4n) is 4.12. The number of carbonyl (C=O) groups is 1. The van der Waals surface area contributed by atoms with Gasteiger partial charge in [0.15, 0.2) is 11.5 Å². The van der Waals surface area contributed by atoms with Gasteiger partial charge in [-0.3, -0.25) is 14.2 Å². The van der Waals surface area contributed by atoms with E-state index in [1.165, 1.54) is 25.9 Å². The van der Waals surface area contributed by atoms with Crippen LogP contribution in [0.2, 0.25) is 0 Å². The molecule has 3 aromatic rings. The first kappa shape index (κ1) is 21.7. The molecule has 0 unspecified atom stereocenters. The Hall–Kier alpha value is -3.55. The number of carbonyl (C=O) groups excluding carboxylic acids is 1.